The van der Waals surface area contributed by atoms with Crippen LogP contribution in [0.4, 0.5) is 13.2 Å². The van der Waals surface area contributed by atoms with E-state index in [1.165, 1.54) is 9.80 Å². The Morgan fingerprint density at radius 1 is 1.04 bits per heavy atom. The fraction of sp³-hybridized carbons (Fsp3) is 0.667. The normalized spacial score (nSPS) is 25.8. The van der Waals surface area contributed by atoms with Crippen LogP contribution in [-0.2, 0) is 38.3 Å². The fourth-order valence-electron chi connectivity index (χ4n) is 3.58. The second-order valence-electron chi connectivity index (χ2n) is 6.48. The number of carbonyl (C=O) groups excluding carboxylic acids is 2. The number of carbonyl (C=O) groups is 2. The van der Waals surface area contributed by atoms with Gasteiger partial charge in [-0.25, -0.2) is 4.98 Å². The Bertz CT molecular complexity index is 721. The highest BCUT2D eigenvalue weighted by Gasteiger charge is 2.43. The number of hydrogen-bond donors (Lipinski definition) is 0. The summed E-state index contributed by atoms with van der Waals surface area (Å²) in [5.74, 6) is -2.40. The van der Waals surface area contributed by atoms with Crippen molar-refractivity contribution >= 4 is 11.8 Å². The van der Waals surface area contributed by atoms with Crippen LogP contribution in [0.2, 0.25) is 0 Å². The van der Waals surface area contributed by atoms with Gasteiger partial charge >= 0.3 is 18.0 Å². The van der Waals surface area contributed by atoms with Gasteiger partial charge in [-0.2, -0.15) is 13.2 Å². The number of hydrogen-bond acceptors (Lipinski definition) is 5. The Balaban J connectivity index is 1.43. The predicted octanol–water partition coefficient (Wildman–Crippen LogP) is -0.130. The van der Waals surface area contributed by atoms with E-state index in [9.17, 15) is 22.8 Å². The summed E-state index contributed by atoms with van der Waals surface area (Å²) in [7, 11) is 0. The molecule has 1 aromatic heterocycles. The minimum absolute atomic E-state index is 0.0186. The molecule has 0 unspecified atom stereocenters. The van der Waals surface area contributed by atoms with Crippen LogP contribution in [0.15, 0.2) is 6.20 Å². The minimum atomic E-state index is -4.55. The number of nitrogens with zero attached hydrogens (tertiary/aromatic N) is 4. The van der Waals surface area contributed by atoms with Crippen molar-refractivity contribution in [2.75, 3.05) is 32.8 Å². The maximum atomic E-state index is 12.9. The van der Waals surface area contributed by atoms with E-state index in [0.29, 0.717) is 13.2 Å². The highest BCUT2D eigenvalue weighted by atomic mass is 19.4. The Morgan fingerprint density at radius 3 is 2.27 bits per heavy atom. The highest BCUT2D eigenvalue weighted by Crippen LogP contribution is 2.30. The van der Waals surface area contributed by atoms with Crippen LogP contribution >= 0.6 is 0 Å². The van der Waals surface area contributed by atoms with Crippen LogP contribution in [0.25, 0.3) is 0 Å². The first-order valence-electron chi connectivity index (χ1n) is 8.27. The Morgan fingerprint density at radius 2 is 1.65 bits per heavy atom. The summed E-state index contributed by atoms with van der Waals surface area (Å²) in [6.45, 7) is 1.34. The molecule has 2 saturated heterocycles. The Labute approximate surface area is 146 Å². The van der Waals surface area contributed by atoms with Crippen molar-refractivity contribution in [1.82, 2.24) is 19.4 Å². The van der Waals surface area contributed by atoms with Gasteiger partial charge in [0.15, 0.2) is 0 Å². The van der Waals surface area contributed by atoms with Gasteiger partial charge in [0.2, 0.25) is 5.82 Å². The van der Waals surface area contributed by atoms with Crippen LogP contribution in [0, 0.1) is 0 Å². The molecule has 2 atom stereocenters. The van der Waals surface area contributed by atoms with Gasteiger partial charge < -0.3 is 23.8 Å². The van der Waals surface area contributed by atoms with Crippen molar-refractivity contribution in [2.24, 2.45) is 0 Å². The second kappa shape index (κ2) is 6.23. The molecule has 11 heteroatoms. The van der Waals surface area contributed by atoms with E-state index in [4.69, 9.17) is 9.47 Å². The highest BCUT2D eigenvalue weighted by molar-refractivity contribution is 6.35. The molecule has 4 rings (SSSR count). The monoisotopic (exact) mass is 374 g/mol. The topological polar surface area (TPSA) is 76.9 Å². The molecule has 0 aliphatic carbocycles. The number of alkyl halides is 3. The summed E-state index contributed by atoms with van der Waals surface area (Å²) in [5, 5.41) is 0. The first-order valence-corrected chi connectivity index (χ1v) is 8.27. The first-order chi connectivity index (χ1) is 12.3. The SMILES string of the molecule is O=C(C(=O)N1C[C@@H]2OCCO[C@@H]2C1)N1CCn2c(cnc2C(F)(F)F)C1. The number of rotatable bonds is 0. The largest absolute Gasteiger partial charge is 0.449 e. The summed E-state index contributed by atoms with van der Waals surface area (Å²) in [4.78, 5) is 31.0. The third-order valence-electron chi connectivity index (χ3n) is 4.86. The minimum Gasteiger partial charge on any atom is -0.371 e. The predicted molar refractivity (Wildman–Crippen MR) is 78.7 cm³/mol. The average molecular weight is 374 g/mol. The van der Waals surface area contributed by atoms with Gasteiger partial charge in [0.25, 0.3) is 0 Å². The molecular weight excluding hydrogens is 357 g/mol. The molecule has 142 valence electrons. The maximum Gasteiger partial charge on any atom is 0.449 e. The van der Waals surface area contributed by atoms with Gasteiger partial charge in [-0.05, 0) is 0 Å². The van der Waals surface area contributed by atoms with Crippen molar-refractivity contribution in [3.8, 4) is 0 Å². The van der Waals surface area contributed by atoms with Crippen molar-refractivity contribution in [3.63, 3.8) is 0 Å². The number of amides is 2. The van der Waals surface area contributed by atoms with Gasteiger partial charge in [-0.15, -0.1) is 0 Å². The number of halogens is 3. The van der Waals surface area contributed by atoms with Crippen molar-refractivity contribution in [2.45, 2.75) is 31.5 Å². The molecule has 0 bridgehead atoms. The fourth-order valence-corrected chi connectivity index (χ4v) is 3.58. The summed E-state index contributed by atoms with van der Waals surface area (Å²) in [6.07, 6.45) is -3.93. The molecule has 0 N–H and O–H groups in total. The zero-order valence-electron chi connectivity index (χ0n) is 13.7. The molecule has 1 aromatic rings. The van der Waals surface area contributed by atoms with Crippen LogP contribution in [0.1, 0.15) is 11.5 Å². The van der Waals surface area contributed by atoms with E-state index < -0.39 is 23.8 Å². The molecule has 0 radical (unpaired) electrons. The molecule has 8 nitrogen and oxygen atoms in total. The molecule has 3 aliphatic heterocycles. The van der Waals surface area contributed by atoms with Gasteiger partial charge in [0, 0.05) is 13.1 Å². The van der Waals surface area contributed by atoms with E-state index in [1.54, 1.807) is 0 Å². The molecular formula is C15H17F3N4O4. The lowest BCUT2D eigenvalue weighted by atomic mass is 10.2. The van der Waals surface area contributed by atoms with E-state index in [1.807, 2.05) is 0 Å². The number of imidazole rings is 1. The lowest BCUT2D eigenvalue weighted by molar-refractivity contribution is -0.153. The van der Waals surface area contributed by atoms with Gasteiger partial charge in [-0.1, -0.05) is 0 Å². The van der Waals surface area contributed by atoms with Gasteiger partial charge in [-0.3, -0.25) is 9.59 Å². The van der Waals surface area contributed by atoms with E-state index >= 15 is 0 Å². The first kappa shape index (κ1) is 17.3. The summed E-state index contributed by atoms with van der Waals surface area (Å²) >= 11 is 0. The maximum absolute atomic E-state index is 12.9. The van der Waals surface area contributed by atoms with Crippen molar-refractivity contribution < 1.29 is 32.2 Å². The van der Waals surface area contributed by atoms with Gasteiger partial charge in [0.05, 0.1) is 44.7 Å². The molecule has 2 amide bonds. The van der Waals surface area contributed by atoms with Crippen LogP contribution in [0.3, 0.4) is 0 Å². The summed E-state index contributed by atoms with van der Waals surface area (Å²) < 4.78 is 50.8. The molecule has 0 aromatic carbocycles. The van der Waals surface area contributed by atoms with Crippen LogP contribution < -0.4 is 0 Å². The Kier molecular flexibility index (Phi) is 4.14. The lowest BCUT2D eigenvalue weighted by Crippen LogP contribution is -2.47. The number of likely N-dealkylation sites (tertiary alicyclic amines) is 1. The molecule has 2 fully saturated rings. The van der Waals surface area contributed by atoms with Crippen LogP contribution in [0.5, 0.6) is 0 Å². The lowest BCUT2D eigenvalue weighted by Gasteiger charge is -2.29. The molecule has 0 saturated carbocycles. The Hall–Kier alpha value is -2.14. The number of ether oxygens (including phenoxy) is 2. The molecule has 4 heterocycles. The quantitative estimate of drug-likeness (QED) is 0.592. The number of fused-ring (bicyclic) bond motifs is 2. The smallest absolute Gasteiger partial charge is 0.371 e. The third-order valence-corrected chi connectivity index (χ3v) is 4.86. The molecule has 0 spiro atoms. The van der Waals surface area contributed by atoms with E-state index in [-0.39, 0.29) is 50.6 Å². The van der Waals surface area contributed by atoms with Gasteiger partial charge in [0.1, 0.15) is 12.2 Å². The van der Waals surface area contributed by atoms with Crippen molar-refractivity contribution in [1.29, 1.82) is 0 Å². The summed E-state index contributed by atoms with van der Waals surface area (Å²) in [6, 6.07) is 0. The zero-order valence-corrected chi connectivity index (χ0v) is 13.7. The third kappa shape index (κ3) is 2.94. The summed E-state index contributed by atoms with van der Waals surface area (Å²) in [5.41, 5.74) is 0.256. The zero-order chi connectivity index (χ0) is 18.5. The number of aromatic nitrogens is 2. The molecule has 3 aliphatic rings. The standard InChI is InChI=1S/C15H17F3N4O4/c16-15(17,18)14-19-5-9-6-20(1-2-22(9)14)12(23)13(24)21-7-10-11(8-21)26-4-3-25-10/h5,10-11H,1-4,6-8H2/t10-,11+. The van der Waals surface area contributed by atoms with Crippen LogP contribution in [-0.4, -0.2) is 76.2 Å². The second-order valence-corrected chi connectivity index (χ2v) is 6.48. The van der Waals surface area contributed by atoms with Crippen molar-refractivity contribution in [3.05, 3.63) is 17.7 Å². The molecule has 26 heavy (non-hydrogen) atoms. The van der Waals surface area contributed by atoms with E-state index in [0.717, 1.165) is 10.8 Å². The average Bonchev–Trinajstić information content (AvgIpc) is 3.23. The van der Waals surface area contributed by atoms with E-state index in [2.05, 4.69) is 4.98 Å².